The van der Waals surface area contributed by atoms with Crippen molar-refractivity contribution in [3.63, 3.8) is 0 Å². The zero-order chi connectivity index (χ0) is 19.7. The first-order chi connectivity index (χ1) is 13.5. The number of benzene rings is 2. The number of halogens is 3. The molecule has 1 atom stereocenters. The number of allylic oxidation sites excluding steroid dienone is 2. The average molecular weight is 418 g/mol. The predicted molar refractivity (Wildman–Crippen MR) is 105 cm³/mol. The fourth-order valence-corrected chi connectivity index (χ4v) is 3.72. The summed E-state index contributed by atoms with van der Waals surface area (Å²) < 4.78 is 36.4. The maximum atomic E-state index is 14.9. The number of H-pyrrole nitrogens is 1. The van der Waals surface area contributed by atoms with E-state index in [1.165, 1.54) is 29.4 Å². The highest BCUT2D eigenvalue weighted by atomic mass is 35.5. The van der Waals surface area contributed by atoms with Gasteiger partial charge in [0.25, 0.3) is 0 Å². The minimum absolute atomic E-state index is 0.0548. The Morgan fingerprint density at radius 1 is 1.21 bits per heavy atom. The lowest BCUT2D eigenvalue weighted by molar-refractivity contribution is 0.0481. The molecule has 142 valence electrons. The predicted octanol–water partition coefficient (Wildman–Crippen LogP) is 5.40. The van der Waals surface area contributed by atoms with Crippen LogP contribution in [0.5, 0.6) is 0 Å². The molecule has 0 bridgehead atoms. The minimum Gasteiger partial charge on any atom is -0.483 e. The summed E-state index contributed by atoms with van der Waals surface area (Å²) in [7, 11) is 0. The normalized spacial score (nSPS) is 18.6. The Hall–Kier alpha value is -2.77. The molecule has 0 saturated carbocycles. The first-order valence-corrected chi connectivity index (χ1v) is 9.16. The lowest BCUT2D eigenvalue weighted by atomic mass is 9.80. The Labute approximate surface area is 169 Å². The first-order valence-electron chi connectivity index (χ1n) is 8.37. The molecule has 28 heavy (non-hydrogen) atoms. The molecule has 8 heteroatoms. The maximum Gasteiger partial charge on any atom is 0.195 e. The van der Waals surface area contributed by atoms with Gasteiger partial charge in [0.1, 0.15) is 18.0 Å². The molecule has 0 radical (unpaired) electrons. The van der Waals surface area contributed by atoms with Crippen LogP contribution in [0.1, 0.15) is 11.1 Å². The molecular formula is C20H14ClF2N3OS. The van der Waals surface area contributed by atoms with Crippen LogP contribution in [0.4, 0.5) is 8.78 Å². The number of aromatic nitrogens is 3. The molecule has 1 N–H and O–H groups in total. The molecule has 4 nitrogen and oxygen atoms in total. The highest BCUT2D eigenvalue weighted by Crippen LogP contribution is 2.46. The van der Waals surface area contributed by atoms with Crippen molar-refractivity contribution >= 4 is 29.4 Å². The van der Waals surface area contributed by atoms with Crippen LogP contribution < -0.4 is 0 Å². The van der Waals surface area contributed by atoms with Crippen molar-refractivity contribution in [1.82, 2.24) is 14.8 Å². The third-order valence-corrected chi connectivity index (χ3v) is 5.23. The molecule has 1 aromatic heterocycles. The fraction of sp³-hybridized carbons (Fsp3) is 0.100. The number of ether oxygens (including phenoxy) is 1. The van der Waals surface area contributed by atoms with Crippen LogP contribution >= 0.6 is 23.8 Å². The van der Waals surface area contributed by atoms with E-state index in [0.717, 1.165) is 6.07 Å². The summed E-state index contributed by atoms with van der Waals surface area (Å²) in [5.41, 5.74) is 0.0647. The summed E-state index contributed by atoms with van der Waals surface area (Å²) in [5.74, 6) is -1.42. The summed E-state index contributed by atoms with van der Waals surface area (Å²) in [4.78, 5) is 2.81. The second kappa shape index (κ2) is 7.33. The van der Waals surface area contributed by atoms with Gasteiger partial charge in [-0.3, -0.25) is 0 Å². The molecule has 0 saturated heterocycles. The van der Waals surface area contributed by atoms with Gasteiger partial charge in [-0.2, -0.15) is 5.10 Å². The van der Waals surface area contributed by atoms with Gasteiger partial charge < -0.3 is 9.72 Å². The molecular weight excluding hydrogens is 404 g/mol. The van der Waals surface area contributed by atoms with Crippen molar-refractivity contribution in [2.75, 3.05) is 0 Å². The minimum atomic E-state index is -1.36. The lowest BCUT2D eigenvalue weighted by Gasteiger charge is -2.38. The number of nitrogens with one attached hydrogen (secondary N) is 1. The molecule has 0 fully saturated rings. The SMILES string of the molecule is Fc1ccc(C2(Cn3nc[nH]c3=S)OC=CC=C2c2ccccc2Cl)c(F)c1. The molecule has 0 aliphatic carbocycles. The zero-order valence-electron chi connectivity index (χ0n) is 14.4. The van der Waals surface area contributed by atoms with E-state index in [4.69, 9.17) is 28.6 Å². The molecule has 1 unspecified atom stereocenters. The van der Waals surface area contributed by atoms with Crippen molar-refractivity contribution < 1.29 is 13.5 Å². The van der Waals surface area contributed by atoms with E-state index in [1.807, 2.05) is 12.1 Å². The van der Waals surface area contributed by atoms with Gasteiger partial charge in [0.05, 0.1) is 12.8 Å². The van der Waals surface area contributed by atoms with Gasteiger partial charge in [-0.1, -0.05) is 35.9 Å². The second-order valence-corrected chi connectivity index (χ2v) is 7.00. The third kappa shape index (κ3) is 3.16. The quantitative estimate of drug-likeness (QED) is 0.578. The second-order valence-electron chi connectivity index (χ2n) is 6.21. The van der Waals surface area contributed by atoms with Gasteiger partial charge in [0.2, 0.25) is 0 Å². The highest BCUT2D eigenvalue weighted by Gasteiger charge is 2.43. The van der Waals surface area contributed by atoms with Crippen LogP contribution in [-0.2, 0) is 16.9 Å². The van der Waals surface area contributed by atoms with Gasteiger partial charge in [0, 0.05) is 27.8 Å². The number of hydrogen-bond donors (Lipinski definition) is 1. The molecule has 2 aromatic carbocycles. The molecule has 0 spiro atoms. The summed E-state index contributed by atoms with van der Waals surface area (Å²) in [6.07, 6.45) is 6.39. The lowest BCUT2D eigenvalue weighted by Crippen LogP contribution is -2.37. The van der Waals surface area contributed by atoms with E-state index in [-0.39, 0.29) is 12.1 Å². The Morgan fingerprint density at radius 2 is 2.04 bits per heavy atom. The Kier molecular flexibility index (Phi) is 4.87. The van der Waals surface area contributed by atoms with Gasteiger partial charge >= 0.3 is 0 Å². The van der Waals surface area contributed by atoms with Crippen molar-refractivity contribution in [3.8, 4) is 0 Å². The number of aromatic amines is 1. The van der Waals surface area contributed by atoms with E-state index in [0.29, 0.717) is 20.9 Å². The maximum absolute atomic E-state index is 14.9. The standard InChI is InChI=1S/C20H14ClF2N3OS/c21-17-6-2-1-4-14(17)15-5-3-9-27-20(15,11-26-19(28)24-12-25-26)16-8-7-13(22)10-18(16)23/h1-10,12H,11H2,(H,24,25,28). The number of rotatable bonds is 4. The van der Waals surface area contributed by atoms with Crippen molar-refractivity contribution in [3.05, 3.63) is 99.8 Å². The molecule has 1 aliphatic heterocycles. The first kappa shape index (κ1) is 18.6. The number of nitrogens with zero attached hydrogens (tertiary/aromatic N) is 2. The summed E-state index contributed by atoms with van der Waals surface area (Å²) >= 11 is 11.7. The molecule has 4 rings (SSSR count). The van der Waals surface area contributed by atoms with Crippen LogP contribution in [0.15, 0.2) is 67.2 Å². The van der Waals surface area contributed by atoms with Crippen molar-refractivity contribution in [1.29, 1.82) is 0 Å². The van der Waals surface area contributed by atoms with E-state index in [9.17, 15) is 8.78 Å². The van der Waals surface area contributed by atoms with Crippen molar-refractivity contribution in [2.45, 2.75) is 12.1 Å². The zero-order valence-corrected chi connectivity index (χ0v) is 16.0. The van der Waals surface area contributed by atoms with Crippen LogP contribution in [0.3, 0.4) is 0 Å². The third-order valence-electron chi connectivity index (χ3n) is 4.57. The van der Waals surface area contributed by atoms with Gasteiger partial charge in [0.15, 0.2) is 10.4 Å². The molecule has 2 heterocycles. The summed E-state index contributed by atoms with van der Waals surface area (Å²) in [5, 5.41) is 4.65. The van der Waals surface area contributed by atoms with Gasteiger partial charge in [-0.25, -0.2) is 13.5 Å². The topological polar surface area (TPSA) is 42.8 Å². The Bertz CT molecular complexity index is 1150. The van der Waals surface area contributed by atoms with Crippen LogP contribution in [0.2, 0.25) is 5.02 Å². The van der Waals surface area contributed by atoms with E-state index >= 15 is 0 Å². The monoisotopic (exact) mass is 417 g/mol. The highest BCUT2D eigenvalue weighted by molar-refractivity contribution is 7.71. The molecule has 3 aromatic rings. The van der Waals surface area contributed by atoms with Crippen molar-refractivity contribution in [2.24, 2.45) is 0 Å². The number of hydrogen-bond acceptors (Lipinski definition) is 3. The van der Waals surface area contributed by atoms with Gasteiger partial charge in [-0.05, 0) is 36.5 Å². The van der Waals surface area contributed by atoms with Crippen LogP contribution in [0.25, 0.3) is 5.57 Å². The smallest absolute Gasteiger partial charge is 0.195 e. The van der Waals surface area contributed by atoms with E-state index in [2.05, 4.69) is 10.1 Å². The molecule has 1 aliphatic rings. The summed E-state index contributed by atoms with van der Waals surface area (Å²) in [6.45, 7) is 0.0548. The van der Waals surface area contributed by atoms with Crippen LogP contribution in [0, 0.1) is 16.4 Å². The summed E-state index contributed by atoms with van der Waals surface area (Å²) in [6, 6.07) is 10.6. The molecule has 0 amide bonds. The average Bonchev–Trinajstić information content (AvgIpc) is 3.07. The Morgan fingerprint density at radius 3 is 2.75 bits per heavy atom. The largest absolute Gasteiger partial charge is 0.483 e. The van der Waals surface area contributed by atoms with E-state index in [1.54, 1.807) is 24.3 Å². The van der Waals surface area contributed by atoms with Crippen LogP contribution in [-0.4, -0.2) is 14.8 Å². The Balaban J connectivity index is 1.98. The van der Waals surface area contributed by atoms with E-state index < -0.39 is 17.2 Å². The van der Waals surface area contributed by atoms with Gasteiger partial charge in [-0.15, -0.1) is 0 Å². The fourth-order valence-electron chi connectivity index (χ4n) is 3.31.